The van der Waals surface area contributed by atoms with Crippen LogP contribution < -0.4 is 10.2 Å². The molecule has 1 saturated carbocycles. The molecule has 0 radical (unpaired) electrons. The average molecular weight is 283 g/mol. The Hall–Kier alpha value is -1.53. The van der Waals surface area contributed by atoms with E-state index in [1.807, 2.05) is 0 Å². The topological polar surface area (TPSA) is 39.1 Å². The summed E-state index contributed by atoms with van der Waals surface area (Å²) in [6, 6.07) is 11.8. The standard InChI is InChI=1S/C18H25N3/c1-18(14-19,20-16-9-10-16)11-5-13-21-12-4-7-15-6-2-3-8-17(15)21/h2-3,6,8,16,20H,4-5,7,9-13H2,1H3. The number of hydrogen-bond acceptors (Lipinski definition) is 3. The van der Waals surface area contributed by atoms with E-state index in [4.69, 9.17) is 0 Å². The van der Waals surface area contributed by atoms with Gasteiger partial charge in [-0.25, -0.2) is 0 Å². The fourth-order valence-electron chi connectivity index (χ4n) is 3.31. The van der Waals surface area contributed by atoms with E-state index in [0.717, 1.165) is 25.9 Å². The monoisotopic (exact) mass is 283 g/mol. The van der Waals surface area contributed by atoms with E-state index in [1.165, 1.54) is 36.9 Å². The molecular formula is C18H25N3. The summed E-state index contributed by atoms with van der Waals surface area (Å²) >= 11 is 0. The first kappa shape index (κ1) is 14.4. The molecule has 1 unspecified atom stereocenters. The second-order valence-corrected chi connectivity index (χ2v) is 6.69. The molecule has 3 rings (SSSR count). The van der Waals surface area contributed by atoms with Crippen molar-refractivity contribution in [1.29, 1.82) is 5.26 Å². The van der Waals surface area contributed by atoms with Gasteiger partial charge in [0.15, 0.2) is 0 Å². The minimum Gasteiger partial charge on any atom is -0.371 e. The number of anilines is 1. The van der Waals surface area contributed by atoms with Gasteiger partial charge in [0.05, 0.1) is 6.07 Å². The van der Waals surface area contributed by atoms with Gasteiger partial charge in [0.25, 0.3) is 0 Å². The Balaban J connectivity index is 1.55. The van der Waals surface area contributed by atoms with Crippen LogP contribution in [0.4, 0.5) is 5.69 Å². The van der Waals surface area contributed by atoms with Crippen molar-refractivity contribution in [3.63, 3.8) is 0 Å². The fraction of sp³-hybridized carbons (Fsp3) is 0.611. The third-order valence-electron chi connectivity index (χ3n) is 4.66. The van der Waals surface area contributed by atoms with Crippen molar-refractivity contribution < 1.29 is 0 Å². The fourth-order valence-corrected chi connectivity index (χ4v) is 3.31. The molecule has 0 saturated heterocycles. The second kappa shape index (κ2) is 6.07. The molecule has 1 atom stereocenters. The van der Waals surface area contributed by atoms with Crippen molar-refractivity contribution in [3.8, 4) is 6.07 Å². The van der Waals surface area contributed by atoms with Crippen molar-refractivity contribution >= 4 is 5.69 Å². The summed E-state index contributed by atoms with van der Waals surface area (Å²) in [5.41, 5.74) is 2.52. The van der Waals surface area contributed by atoms with Gasteiger partial charge < -0.3 is 4.90 Å². The molecule has 3 heteroatoms. The Morgan fingerprint density at radius 1 is 1.38 bits per heavy atom. The molecule has 1 N–H and O–H groups in total. The molecule has 1 aromatic rings. The Labute approximate surface area is 128 Å². The van der Waals surface area contributed by atoms with E-state index >= 15 is 0 Å². The average Bonchev–Trinajstić information content (AvgIpc) is 3.31. The van der Waals surface area contributed by atoms with E-state index in [-0.39, 0.29) is 5.54 Å². The molecule has 0 bridgehead atoms. The van der Waals surface area contributed by atoms with E-state index in [9.17, 15) is 5.26 Å². The summed E-state index contributed by atoms with van der Waals surface area (Å²) in [6.07, 6.45) is 6.91. The normalized spacial score (nSPS) is 20.5. The predicted molar refractivity (Wildman–Crippen MR) is 86.4 cm³/mol. The van der Waals surface area contributed by atoms with Crippen LogP contribution in [-0.4, -0.2) is 24.7 Å². The lowest BCUT2D eigenvalue weighted by atomic mass is 9.96. The van der Waals surface area contributed by atoms with E-state index in [2.05, 4.69) is 47.5 Å². The molecule has 1 heterocycles. The number of fused-ring (bicyclic) bond motifs is 1. The van der Waals surface area contributed by atoms with Crippen molar-refractivity contribution in [3.05, 3.63) is 29.8 Å². The number of para-hydroxylation sites is 1. The van der Waals surface area contributed by atoms with Gasteiger partial charge in [0.2, 0.25) is 0 Å². The molecule has 1 fully saturated rings. The summed E-state index contributed by atoms with van der Waals surface area (Å²) in [6.45, 7) is 4.26. The van der Waals surface area contributed by atoms with Gasteiger partial charge in [0.1, 0.15) is 5.54 Å². The lowest BCUT2D eigenvalue weighted by molar-refractivity contribution is 0.403. The van der Waals surface area contributed by atoms with Crippen LogP contribution in [0.5, 0.6) is 0 Å². The van der Waals surface area contributed by atoms with Crippen LogP contribution >= 0.6 is 0 Å². The maximum Gasteiger partial charge on any atom is 0.104 e. The predicted octanol–water partition coefficient (Wildman–Crippen LogP) is 3.25. The van der Waals surface area contributed by atoms with Gasteiger partial charge >= 0.3 is 0 Å². The Kier molecular flexibility index (Phi) is 4.17. The highest BCUT2D eigenvalue weighted by Gasteiger charge is 2.32. The Morgan fingerprint density at radius 2 is 2.19 bits per heavy atom. The lowest BCUT2D eigenvalue weighted by Crippen LogP contribution is -2.43. The molecule has 1 aliphatic carbocycles. The van der Waals surface area contributed by atoms with Crippen molar-refractivity contribution in [2.75, 3.05) is 18.0 Å². The Bertz CT molecular complexity index is 530. The van der Waals surface area contributed by atoms with Crippen LogP contribution in [0.3, 0.4) is 0 Å². The van der Waals surface area contributed by atoms with Crippen LogP contribution in [0.25, 0.3) is 0 Å². The first-order chi connectivity index (χ1) is 10.2. The van der Waals surface area contributed by atoms with Crippen LogP contribution in [0, 0.1) is 11.3 Å². The smallest absolute Gasteiger partial charge is 0.104 e. The number of benzene rings is 1. The third-order valence-corrected chi connectivity index (χ3v) is 4.66. The summed E-state index contributed by atoms with van der Waals surface area (Å²) in [5, 5.41) is 12.9. The maximum atomic E-state index is 9.43. The second-order valence-electron chi connectivity index (χ2n) is 6.69. The molecule has 2 aliphatic rings. The van der Waals surface area contributed by atoms with Crippen LogP contribution in [0.2, 0.25) is 0 Å². The molecule has 3 nitrogen and oxygen atoms in total. The molecule has 0 spiro atoms. The number of rotatable bonds is 6. The zero-order valence-electron chi connectivity index (χ0n) is 12.9. The number of aryl methyl sites for hydroxylation is 1. The molecular weight excluding hydrogens is 258 g/mol. The van der Waals surface area contributed by atoms with Gasteiger partial charge in [-0.1, -0.05) is 18.2 Å². The highest BCUT2D eigenvalue weighted by atomic mass is 15.1. The first-order valence-electron chi connectivity index (χ1n) is 8.22. The zero-order valence-corrected chi connectivity index (χ0v) is 12.9. The molecule has 112 valence electrons. The van der Waals surface area contributed by atoms with Gasteiger partial charge in [-0.2, -0.15) is 5.26 Å². The molecule has 1 aromatic carbocycles. The highest BCUT2D eigenvalue weighted by Crippen LogP contribution is 2.28. The summed E-state index contributed by atoms with van der Waals surface area (Å²) in [7, 11) is 0. The van der Waals surface area contributed by atoms with Gasteiger partial charge in [0, 0.05) is 24.8 Å². The molecule has 1 aliphatic heterocycles. The molecule has 0 amide bonds. The van der Waals surface area contributed by atoms with Crippen molar-refractivity contribution in [2.45, 2.75) is 57.0 Å². The van der Waals surface area contributed by atoms with Gasteiger partial charge in [-0.3, -0.25) is 5.32 Å². The highest BCUT2D eigenvalue weighted by molar-refractivity contribution is 5.55. The number of nitrogens with one attached hydrogen (secondary N) is 1. The van der Waals surface area contributed by atoms with Crippen LogP contribution in [-0.2, 0) is 6.42 Å². The van der Waals surface area contributed by atoms with Crippen molar-refractivity contribution in [1.82, 2.24) is 5.32 Å². The largest absolute Gasteiger partial charge is 0.371 e. The summed E-state index contributed by atoms with van der Waals surface area (Å²) in [5.74, 6) is 0. The minimum absolute atomic E-state index is 0.351. The molecule has 0 aromatic heterocycles. The van der Waals surface area contributed by atoms with Crippen LogP contribution in [0.15, 0.2) is 24.3 Å². The quantitative estimate of drug-likeness (QED) is 0.871. The minimum atomic E-state index is -0.351. The number of nitriles is 1. The zero-order chi connectivity index (χ0) is 14.7. The maximum absolute atomic E-state index is 9.43. The van der Waals surface area contributed by atoms with Crippen molar-refractivity contribution in [2.24, 2.45) is 0 Å². The Morgan fingerprint density at radius 3 is 2.95 bits per heavy atom. The van der Waals surface area contributed by atoms with Crippen LogP contribution in [0.1, 0.15) is 44.6 Å². The van der Waals surface area contributed by atoms with E-state index in [1.54, 1.807) is 0 Å². The molecule has 21 heavy (non-hydrogen) atoms. The first-order valence-corrected chi connectivity index (χ1v) is 8.22. The van der Waals surface area contributed by atoms with Gasteiger partial charge in [-0.15, -0.1) is 0 Å². The summed E-state index contributed by atoms with van der Waals surface area (Å²) in [4.78, 5) is 2.49. The van der Waals surface area contributed by atoms with E-state index < -0.39 is 0 Å². The number of hydrogen-bond donors (Lipinski definition) is 1. The number of nitrogens with zero attached hydrogens (tertiary/aromatic N) is 2. The van der Waals surface area contributed by atoms with E-state index in [0.29, 0.717) is 6.04 Å². The van der Waals surface area contributed by atoms with Gasteiger partial charge in [-0.05, 0) is 57.1 Å². The summed E-state index contributed by atoms with van der Waals surface area (Å²) < 4.78 is 0. The SMILES string of the molecule is CC(C#N)(CCCN1CCCc2ccccc21)NC1CC1. The third kappa shape index (κ3) is 3.57. The lowest BCUT2D eigenvalue weighted by Gasteiger charge is -2.32.